The molecule has 0 aliphatic heterocycles. The SMILES string of the molecule is COC(=O)CCN(CCC(=O)OC)c1cc(NC(C)=O)c(N=Nc2c(Cl)cc([N+](=O)[O-])cc2[N+](=O)[O-])cc1OC. The van der Waals surface area contributed by atoms with E-state index in [0.29, 0.717) is 11.8 Å². The van der Waals surface area contributed by atoms with E-state index in [1.165, 1.54) is 40.4 Å². The first-order valence-electron chi connectivity index (χ1n) is 11.3. The maximum absolute atomic E-state index is 12.0. The molecule has 2 aromatic rings. The Hall–Kier alpha value is -4.86. The molecule has 0 unspecified atom stereocenters. The fourth-order valence-corrected chi connectivity index (χ4v) is 3.61. The quantitative estimate of drug-likeness (QED) is 0.151. The van der Waals surface area contributed by atoms with Gasteiger partial charge < -0.3 is 24.4 Å². The number of nitrogens with one attached hydrogen (secondary N) is 1. The van der Waals surface area contributed by atoms with Crippen LogP contribution in [-0.4, -0.2) is 62.1 Å². The summed E-state index contributed by atoms with van der Waals surface area (Å²) in [5.74, 6) is -1.32. The molecule has 0 saturated carbocycles. The van der Waals surface area contributed by atoms with Crippen LogP contribution in [0.15, 0.2) is 34.5 Å². The number of hydrogen-bond donors (Lipinski definition) is 1. The number of methoxy groups -OCH3 is 3. The van der Waals surface area contributed by atoms with E-state index >= 15 is 0 Å². The fourth-order valence-electron chi connectivity index (χ4n) is 3.37. The highest BCUT2D eigenvalue weighted by Crippen LogP contribution is 2.43. The Morgan fingerprint density at radius 3 is 2.02 bits per heavy atom. The van der Waals surface area contributed by atoms with E-state index in [1.807, 2.05) is 0 Å². The second kappa shape index (κ2) is 14.3. The standard InChI is InChI=1S/C23H25ClN6O10/c1-13(31)25-16-11-18(28(7-5-21(32)39-3)8-6-22(33)40-4)20(38-2)12-17(16)26-27-23-15(24)9-14(29(34)35)10-19(23)30(36)37/h9-12H,5-8H2,1-4H3,(H,25,31). The van der Waals surface area contributed by atoms with Gasteiger partial charge in [-0.25, -0.2) is 0 Å². The van der Waals surface area contributed by atoms with Crippen LogP contribution >= 0.6 is 11.6 Å². The minimum absolute atomic E-state index is 0.0135. The topological polar surface area (TPSA) is 205 Å². The zero-order chi connectivity index (χ0) is 30.0. The Labute approximate surface area is 232 Å². The minimum atomic E-state index is -0.897. The molecule has 0 aliphatic rings. The van der Waals surface area contributed by atoms with E-state index in [4.69, 9.17) is 25.8 Å². The van der Waals surface area contributed by atoms with Gasteiger partial charge in [-0.1, -0.05) is 11.6 Å². The van der Waals surface area contributed by atoms with Crippen LogP contribution in [-0.2, 0) is 23.9 Å². The van der Waals surface area contributed by atoms with Gasteiger partial charge in [-0.2, -0.15) is 0 Å². The molecule has 1 amide bonds. The van der Waals surface area contributed by atoms with E-state index in [1.54, 1.807) is 4.90 Å². The molecule has 0 radical (unpaired) electrons. The van der Waals surface area contributed by atoms with Crippen LogP contribution in [0.3, 0.4) is 0 Å². The number of ether oxygens (including phenoxy) is 3. The number of azo groups is 1. The van der Waals surface area contributed by atoms with Gasteiger partial charge in [0.25, 0.3) is 5.69 Å². The minimum Gasteiger partial charge on any atom is -0.494 e. The lowest BCUT2D eigenvalue weighted by Gasteiger charge is -2.27. The first kappa shape index (κ1) is 31.4. The van der Waals surface area contributed by atoms with Gasteiger partial charge in [0.1, 0.15) is 11.4 Å². The summed E-state index contributed by atoms with van der Waals surface area (Å²) in [4.78, 5) is 58.1. The molecule has 214 valence electrons. The molecule has 40 heavy (non-hydrogen) atoms. The van der Waals surface area contributed by atoms with Crippen LogP contribution in [0, 0.1) is 20.2 Å². The summed E-state index contributed by atoms with van der Waals surface area (Å²) in [7, 11) is 3.81. The fraction of sp³-hybridized carbons (Fsp3) is 0.348. The van der Waals surface area contributed by atoms with E-state index < -0.39 is 49.8 Å². The first-order chi connectivity index (χ1) is 18.9. The highest BCUT2D eigenvalue weighted by molar-refractivity contribution is 6.33. The molecule has 0 aromatic heterocycles. The van der Waals surface area contributed by atoms with Gasteiger partial charge in [-0.05, 0) is 6.07 Å². The number of non-ortho nitro benzene ring substituents is 1. The number of nitro groups is 2. The lowest BCUT2D eigenvalue weighted by molar-refractivity contribution is -0.393. The Morgan fingerprint density at radius 1 is 0.950 bits per heavy atom. The van der Waals surface area contributed by atoms with Crippen LogP contribution in [0.25, 0.3) is 0 Å². The monoisotopic (exact) mass is 580 g/mol. The predicted molar refractivity (Wildman–Crippen MR) is 142 cm³/mol. The van der Waals surface area contributed by atoms with Gasteiger partial charge in [-0.15, -0.1) is 10.2 Å². The van der Waals surface area contributed by atoms with Gasteiger partial charge in [0.2, 0.25) is 5.91 Å². The van der Waals surface area contributed by atoms with Gasteiger partial charge in [0.05, 0.1) is 66.5 Å². The molecule has 17 heteroatoms. The molecule has 2 aromatic carbocycles. The molecule has 0 fully saturated rings. The van der Waals surface area contributed by atoms with Gasteiger partial charge in [0.15, 0.2) is 5.69 Å². The number of anilines is 2. The number of carbonyl (C=O) groups is 3. The molecule has 0 bridgehead atoms. The van der Waals surface area contributed by atoms with Crippen LogP contribution in [0.2, 0.25) is 5.02 Å². The van der Waals surface area contributed by atoms with Crippen LogP contribution in [0.5, 0.6) is 5.75 Å². The van der Waals surface area contributed by atoms with Crippen molar-refractivity contribution in [1.29, 1.82) is 0 Å². The van der Waals surface area contributed by atoms with Crippen LogP contribution in [0.4, 0.5) is 34.1 Å². The maximum Gasteiger partial charge on any atom is 0.307 e. The summed E-state index contributed by atoms with van der Waals surface area (Å²) >= 11 is 6.04. The number of amides is 1. The number of carbonyl (C=O) groups excluding carboxylic acids is 3. The number of benzene rings is 2. The van der Waals surface area contributed by atoms with Gasteiger partial charge in [-0.3, -0.25) is 34.6 Å². The Kier molecular flexibility index (Phi) is 11.2. The first-order valence-corrected chi connectivity index (χ1v) is 11.7. The zero-order valence-electron chi connectivity index (χ0n) is 21.8. The van der Waals surface area contributed by atoms with Crippen molar-refractivity contribution in [1.82, 2.24) is 0 Å². The summed E-state index contributed by atoms with van der Waals surface area (Å²) in [6.07, 6.45) is -0.0832. The largest absolute Gasteiger partial charge is 0.494 e. The number of hydrogen-bond acceptors (Lipinski definition) is 13. The van der Waals surface area contributed by atoms with Crippen molar-refractivity contribution in [3.63, 3.8) is 0 Å². The average Bonchev–Trinajstić information content (AvgIpc) is 2.91. The maximum atomic E-state index is 12.0. The number of rotatable bonds is 13. The number of esters is 2. The molecule has 2 rings (SSSR count). The number of halogens is 1. The van der Waals surface area contributed by atoms with Crippen molar-refractivity contribution < 1.29 is 38.4 Å². The lowest BCUT2D eigenvalue weighted by atomic mass is 10.1. The van der Waals surface area contributed by atoms with Crippen molar-refractivity contribution >= 4 is 63.6 Å². The number of nitro benzene ring substituents is 2. The molecule has 16 nitrogen and oxygen atoms in total. The predicted octanol–water partition coefficient (Wildman–Crippen LogP) is 4.47. The zero-order valence-corrected chi connectivity index (χ0v) is 22.6. The van der Waals surface area contributed by atoms with Gasteiger partial charge >= 0.3 is 17.6 Å². The second-order valence-electron chi connectivity index (χ2n) is 7.87. The average molecular weight is 581 g/mol. The third kappa shape index (κ3) is 8.32. The summed E-state index contributed by atoms with van der Waals surface area (Å²) in [6.45, 7) is 1.44. The second-order valence-corrected chi connectivity index (χ2v) is 8.28. The third-order valence-corrected chi connectivity index (χ3v) is 5.56. The van der Waals surface area contributed by atoms with E-state index in [9.17, 15) is 34.6 Å². The lowest BCUT2D eigenvalue weighted by Crippen LogP contribution is -2.29. The van der Waals surface area contributed by atoms with E-state index in [2.05, 4.69) is 15.5 Å². The summed E-state index contributed by atoms with van der Waals surface area (Å²) < 4.78 is 14.9. The highest BCUT2D eigenvalue weighted by atomic mass is 35.5. The van der Waals surface area contributed by atoms with Crippen molar-refractivity contribution in [3.8, 4) is 5.75 Å². The normalized spacial score (nSPS) is 10.6. The molecule has 0 aliphatic carbocycles. The summed E-state index contributed by atoms with van der Waals surface area (Å²) in [5.41, 5.74) is -1.39. The molecule has 0 spiro atoms. The van der Waals surface area contributed by atoms with Crippen LogP contribution in [0.1, 0.15) is 19.8 Å². The summed E-state index contributed by atoms with van der Waals surface area (Å²) in [5, 5.41) is 32.6. The van der Waals surface area contributed by atoms with E-state index in [0.717, 1.165) is 6.07 Å². The summed E-state index contributed by atoms with van der Waals surface area (Å²) in [6, 6.07) is 4.40. The molecule has 0 atom stereocenters. The molecule has 0 saturated heterocycles. The number of nitrogens with zero attached hydrogens (tertiary/aromatic N) is 5. The molecule has 0 heterocycles. The molecule has 1 N–H and O–H groups in total. The van der Waals surface area contributed by atoms with Crippen LogP contribution < -0.4 is 15.0 Å². The van der Waals surface area contributed by atoms with Crippen molar-refractivity contribution in [3.05, 3.63) is 49.5 Å². The Morgan fingerprint density at radius 2 is 1.55 bits per heavy atom. The van der Waals surface area contributed by atoms with Crippen molar-refractivity contribution in [2.45, 2.75) is 19.8 Å². The third-order valence-electron chi connectivity index (χ3n) is 5.27. The smallest absolute Gasteiger partial charge is 0.307 e. The molecular weight excluding hydrogens is 556 g/mol. The highest BCUT2D eigenvalue weighted by Gasteiger charge is 2.24. The van der Waals surface area contributed by atoms with Crippen molar-refractivity contribution in [2.75, 3.05) is 44.6 Å². The Balaban J connectivity index is 2.65. The molecular formula is C23H25ClN6O10. The van der Waals surface area contributed by atoms with Crippen molar-refractivity contribution in [2.24, 2.45) is 10.2 Å². The van der Waals surface area contributed by atoms with E-state index in [-0.39, 0.29) is 43.1 Å². The van der Waals surface area contributed by atoms with Gasteiger partial charge in [0, 0.05) is 32.1 Å². The Bertz CT molecular complexity index is 1330.